The number of hydrogen-bond acceptors (Lipinski definition) is 6. The number of benzene rings is 1. The average molecular weight is 371 g/mol. The molecule has 0 aliphatic heterocycles. The molecule has 1 aromatic carbocycles. The molecule has 19 heavy (non-hydrogen) atoms. The minimum absolute atomic E-state index is 0.0620. The minimum atomic E-state index is -0.874. The summed E-state index contributed by atoms with van der Waals surface area (Å²) in [5, 5.41) is 26.5. The van der Waals surface area contributed by atoms with E-state index in [0.717, 1.165) is 14.7 Å². The molecule has 8 heteroatoms. The largest absolute Gasteiger partial charge is 0.480 e. The van der Waals surface area contributed by atoms with Crippen LogP contribution in [0.5, 0.6) is 0 Å². The second-order valence-electron chi connectivity index (χ2n) is 3.67. The zero-order chi connectivity index (χ0) is 13.7. The van der Waals surface area contributed by atoms with Crippen molar-refractivity contribution in [3.05, 3.63) is 33.7 Å². The van der Waals surface area contributed by atoms with Gasteiger partial charge in [-0.2, -0.15) is 0 Å². The number of hydrogen-bond donors (Lipinski definition) is 2. The van der Waals surface area contributed by atoms with E-state index in [1.54, 1.807) is 0 Å². The van der Waals surface area contributed by atoms with Crippen LogP contribution in [0.15, 0.2) is 24.5 Å². The van der Waals surface area contributed by atoms with Crippen molar-refractivity contribution >= 4 is 28.6 Å². The van der Waals surface area contributed by atoms with Gasteiger partial charge in [-0.05, 0) is 34.2 Å². The Labute approximate surface area is 122 Å². The van der Waals surface area contributed by atoms with Crippen molar-refractivity contribution in [3.63, 3.8) is 0 Å². The van der Waals surface area contributed by atoms with Crippen molar-refractivity contribution < 1.29 is 9.90 Å². The van der Waals surface area contributed by atoms with Crippen molar-refractivity contribution in [1.82, 2.24) is 25.7 Å². The quantitative estimate of drug-likeness (QED) is 0.747. The molecule has 2 rings (SSSR count). The van der Waals surface area contributed by atoms with E-state index in [1.165, 1.54) is 6.33 Å². The Kier molecular flexibility index (Phi) is 4.68. The molecule has 0 radical (unpaired) electrons. The van der Waals surface area contributed by atoms with Crippen molar-refractivity contribution in [2.45, 2.75) is 6.54 Å². The fourth-order valence-corrected chi connectivity index (χ4v) is 2.16. The third-order valence-electron chi connectivity index (χ3n) is 2.31. The van der Waals surface area contributed by atoms with Crippen LogP contribution in [0.1, 0.15) is 5.56 Å². The van der Waals surface area contributed by atoms with Crippen LogP contribution in [0.25, 0.3) is 11.4 Å². The highest BCUT2D eigenvalue weighted by atomic mass is 127. The van der Waals surface area contributed by atoms with Crippen molar-refractivity contribution in [1.29, 1.82) is 0 Å². The lowest BCUT2D eigenvalue weighted by atomic mass is 10.1. The van der Waals surface area contributed by atoms with E-state index in [2.05, 4.69) is 48.3 Å². The third kappa shape index (κ3) is 3.89. The van der Waals surface area contributed by atoms with Gasteiger partial charge in [-0.3, -0.25) is 4.79 Å². The Morgan fingerprint density at radius 2 is 2.05 bits per heavy atom. The number of carboxylic acids is 1. The monoisotopic (exact) mass is 371 g/mol. The molecule has 0 unspecified atom stereocenters. The van der Waals surface area contributed by atoms with E-state index in [9.17, 15) is 4.79 Å². The first kappa shape index (κ1) is 13.7. The van der Waals surface area contributed by atoms with Gasteiger partial charge in [-0.1, -0.05) is 12.1 Å². The van der Waals surface area contributed by atoms with Gasteiger partial charge in [0.05, 0.1) is 6.54 Å². The Hall–Kier alpha value is -1.68. The summed E-state index contributed by atoms with van der Waals surface area (Å²) in [4.78, 5) is 10.4. The average Bonchev–Trinajstić information content (AvgIpc) is 2.41. The molecule has 1 aromatic heterocycles. The molecule has 2 N–H and O–H groups in total. The number of nitrogens with zero attached hydrogens (tertiary/aromatic N) is 4. The summed E-state index contributed by atoms with van der Waals surface area (Å²) in [5.41, 5.74) is 1.84. The number of halogens is 1. The molecule has 1 heterocycles. The molecule has 0 spiro atoms. The highest BCUT2D eigenvalue weighted by Gasteiger charge is 2.06. The second-order valence-corrected chi connectivity index (χ2v) is 4.84. The van der Waals surface area contributed by atoms with E-state index < -0.39 is 5.97 Å². The first-order valence-corrected chi connectivity index (χ1v) is 6.46. The topological polar surface area (TPSA) is 101 Å². The third-order valence-corrected chi connectivity index (χ3v) is 3.32. The molecular formula is C11H10IN5O2. The zero-order valence-electron chi connectivity index (χ0n) is 9.75. The molecule has 0 saturated carbocycles. The van der Waals surface area contributed by atoms with E-state index in [1.807, 2.05) is 18.2 Å². The van der Waals surface area contributed by atoms with Gasteiger partial charge >= 0.3 is 5.97 Å². The summed E-state index contributed by atoms with van der Waals surface area (Å²) in [7, 11) is 0. The Morgan fingerprint density at radius 3 is 2.68 bits per heavy atom. The van der Waals surface area contributed by atoms with E-state index >= 15 is 0 Å². The van der Waals surface area contributed by atoms with E-state index in [0.29, 0.717) is 12.4 Å². The van der Waals surface area contributed by atoms with Crippen LogP contribution in [0.2, 0.25) is 0 Å². The van der Waals surface area contributed by atoms with Crippen molar-refractivity contribution in [2.75, 3.05) is 6.54 Å². The Morgan fingerprint density at radius 1 is 1.32 bits per heavy atom. The fourth-order valence-electron chi connectivity index (χ4n) is 1.45. The van der Waals surface area contributed by atoms with Crippen LogP contribution < -0.4 is 5.32 Å². The van der Waals surface area contributed by atoms with Gasteiger partial charge in [-0.25, -0.2) is 0 Å². The van der Waals surface area contributed by atoms with Gasteiger partial charge in [0.1, 0.15) is 0 Å². The number of nitrogens with one attached hydrogen (secondary N) is 1. The SMILES string of the molecule is O=C(O)CNCc1ccc(-c2nncnn2)cc1I. The normalized spacial score (nSPS) is 10.4. The van der Waals surface area contributed by atoms with Crippen LogP contribution in [0.4, 0.5) is 0 Å². The summed E-state index contributed by atoms with van der Waals surface area (Å²) < 4.78 is 1.00. The summed E-state index contributed by atoms with van der Waals surface area (Å²) >= 11 is 2.19. The molecule has 0 fully saturated rings. The molecule has 0 aliphatic carbocycles. The Bertz CT molecular complexity index is 579. The number of carbonyl (C=O) groups is 1. The van der Waals surface area contributed by atoms with Gasteiger partial charge in [-0.15, -0.1) is 20.4 Å². The molecule has 0 saturated heterocycles. The lowest BCUT2D eigenvalue weighted by Crippen LogP contribution is -2.22. The lowest BCUT2D eigenvalue weighted by molar-refractivity contribution is -0.135. The van der Waals surface area contributed by atoms with E-state index in [4.69, 9.17) is 5.11 Å². The highest BCUT2D eigenvalue weighted by molar-refractivity contribution is 14.1. The molecule has 2 aromatic rings. The first-order chi connectivity index (χ1) is 9.16. The van der Waals surface area contributed by atoms with Crippen molar-refractivity contribution in [3.8, 4) is 11.4 Å². The maximum absolute atomic E-state index is 10.4. The summed E-state index contributed by atoms with van der Waals surface area (Å²) in [5.74, 6) is -0.410. The predicted octanol–water partition coefficient (Wildman–Crippen LogP) is 0.712. The highest BCUT2D eigenvalue weighted by Crippen LogP contribution is 2.20. The van der Waals surface area contributed by atoms with Gasteiger partial charge in [0.2, 0.25) is 5.82 Å². The number of aromatic nitrogens is 4. The van der Waals surface area contributed by atoms with Crippen LogP contribution in [0.3, 0.4) is 0 Å². The molecule has 0 aliphatic rings. The maximum atomic E-state index is 10.4. The zero-order valence-corrected chi connectivity index (χ0v) is 11.9. The summed E-state index contributed by atoms with van der Waals surface area (Å²) in [6.45, 7) is 0.435. The molecule has 0 atom stereocenters. The molecule has 7 nitrogen and oxygen atoms in total. The standard InChI is InChI=1S/C11H10IN5O2/c12-9-3-7(11-16-14-6-15-17-11)1-2-8(9)4-13-5-10(18)19/h1-3,6,13H,4-5H2,(H,18,19). The molecule has 98 valence electrons. The van der Waals surface area contributed by atoms with Crippen LogP contribution in [-0.2, 0) is 11.3 Å². The van der Waals surface area contributed by atoms with Crippen LogP contribution in [0, 0.1) is 3.57 Å². The van der Waals surface area contributed by atoms with Gasteiger partial charge in [0.25, 0.3) is 0 Å². The molecule has 0 amide bonds. The number of rotatable bonds is 5. The fraction of sp³-hybridized carbons (Fsp3) is 0.182. The summed E-state index contributed by atoms with van der Waals surface area (Å²) in [6, 6.07) is 5.68. The molecule has 0 bridgehead atoms. The minimum Gasteiger partial charge on any atom is -0.480 e. The van der Waals surface area contributed by atoms with Crippen molar-refractivity contribution in [2.24, 2.45) is 0 Å². The van der Waals surface area contributed by atoms with E-state index in [-0.39, 0.29) is 6.54 Å². The van der Waals surface area contributed by atoms with Crippen LogP contribution in [-0.4, -0.2) is 38.0 Å². The number of aliphatic carboxylic acids is 1. The predicted molar refractivity (Wildman–Crippen MR) is 75.1 cm³/mol. The van der Waals surface area contributed by atoms with Gasteiger partial charge in [0, 0.05) is 15.7 Å². The lowest BCUT2D eigenvalue weighted by Gasteiger charge is -2.06. The second kappa shape index (κ2) is 6.48. The first-order valence-electron chi connectivity index (χ1n) is 5.38. The maximum Gasteiger partial charge on any atom is 0.317 e. The smallest absolute Gasteiger partial charge is 0.317 e. The van der Waals surface area contributed by atoms with Gasteiger partial charge < -0.3 is 10.4 Å². The summed E-state index contributed by atoms with van der Waals surface area (Å²) in [6.07, 6.45) is 1.28. The Balaban J connectivity index is 2.11. The molecular weight excluding hydrogens is 361 g/mol. The van der Waals surface area contributed by atoms with Crippen LogP contribution >= 0.6 is 22.6 Å². The van der Waals surface area contributed by atoms with Gasteiger partial charge in [0.15, 0.2) is 6.33 Å². The number of carboxylic acid groups (broad SMARTS) is 1.